The number of amides is 2. The third kappa shape index (κ3) is 7.99. The summed E-state index contributed by atoms with van der Waals surface area (Å²) >= 11 is 8.72. The number of ether oxygens (including phenoxy) is 2. The Morgan fingerprint density at radius 3 is 2.38 bits per heavy atom. The van der Waals surface area contributed by atoms with Crippen LogP contribution in [-0.2, 0) is 16.1 Å². The molecule has 2 aromatic carbocycles. The average Bonchev–Trinajstić information content (AvgIpc) is 3.44. The lowest BCUT2D eigenvalue weighted by molar-refractivity contribution is -0.137. The first-order chi connectivity index (χ1) is 20.2. The van der Waals surface area contributed by atoms with Crippen molar-refractivity contribution >= 4 is 52.2 Å². The number of methoxy groups -OCH3 is 2. The van der Waals surface area contributed by atoms with Gasteiger partial charge in [-0.25, -0.2) is 15.0 Å². The van der Waals surface area contributed by atoms with Gasteiger partial charge in [-0.15, -0.1) is 11.3 Å². The summed E-state index contributed by atoms with van der Waals surface area (Å²) in [7, 11) is 3.08. The van der Waals surface area contributed by atoms with Gasteiger partial charge in [-0.05, 0) is 50.6 Å². The Kier molecular flexibility index (Phi) is 10.8. The van der Waals surface area contributed by atoms with Gasteiger partial charge >= 0.3 is 0 Å². The van der Waals surface area contributed by atoms with Crippen molar-refractivity contribution in [3.63, 3.8) is 0 Å². The highest BCUT2D eigenvalue weighted by Crippen LogP contribution is 2.30. The number of hydrogen-bond acceptors (Lipinski definition) is 9. The molecule has 9 nitrogen and oxygen atoms in total. The quantitative estimate of drug-likeness (QED) is 0.142. The van der Waals surface area contributed by atoms with Crippen molar-refractivity contribution in [2.24, 2.45) is 0 Å². The molecule has 4 aromatic rings. The van der Waals surface area contributed by atoms with Gasteiger partial charge in [0.1, 0.15) is 22.5 Å². The van der Waals surface area contributed by atoms with E-state index in [9.17, 15) is 9.59 Å². The molecule has 1 atom stereocenters. The lowest BCUT2D eigenvalue weighted by Gasteiger charge is -2.30. The molecule has 0 saturated heterocycles. The molecule has 0 fully saturated rings. The zero-order chi connectivity index (χ0) is 30.2. The zero-order valence-electron chi connectivity index (χ0n) is 24.0. The van der Waals surface area contributed by atoms with E-state index in [1.165, 1.54) is 30.2 Å². The normalized spacial score (nSPS) is 11.6. The van der Waals surface area contributed by atoms with Gasteiger partial charge in [0.25, 0.3) is 0 Å². The van der Waals surface area contributed by atoms with Gasteiger partial charge in [0.15, 0.2) is 5.16 Å². The molecule has 4 rings (SSSR count). The molecule has 0 aliphatic heterocycles. The van der Waals surface area contributed by atoms with Gasteiger partial charge in [-0.2, -0.15) is 0 Å². The molecule has 0 radical (unpaired) electrons. The number of nitrogens with zero attached hydrogens (tertiary/aromatic N) is 4. The summed E-state index contributed by atoms with van der Waals surface area (Å²) in [6, 6.07) is 13.7. The highest BCUT2D eigenvalue weighted by molar-refractivity contribution is 7.99. The van der Waals surface area contributed by atoms with Gasteiger partial charge in [0, 0.05) is 33.4 Å². The lowest BCUT2D eigenvalue weighted by atomic mass is 10.1. The third-order valence-corrected chi connectivity index (χ3v) is 8.25. The van der Waals surface area contributed by atoms with E-state index < -0.39 is 6.04 Å². The van der Waals surface area contributed by atoms with Crippen LogP contribution in [-0.4, -0.2) is 57.7 Å². The minimum atomic E-state index is -0.770. The van der Waals surface area contributed by atoms with Crippen LogP contribution in [0.2, 0.25) is 5.02 Å². The van der Waals surface area contributed by atoms with Gasteiger partial charge in [-0.3, -0.25) is 9.59 Å². The maximum atomic E-state index is 13.8. The fraction of sp³-hybridized carbons (Fsp3) is 0.300. The fourth-order valence-corrected chi connectivity index (χ4v) is 6.05. The molecule has 0 saturated carbocycles. The van der Waals surface area contributed by atoms with Crippen LogP contribution in [0.15, 0.2) is 59.1 Å². The molecule has 0 aliphatic carbocycles. The Bertz CT molecular complexity index is 1530. The predicted molar refractivity (Wildman–Crippen MR) is 168 cm³/mol. The monoisotopic (exact) mass is 625 g/mol. The maximum Gasteiger partial charge on any atom is 0.247 e. The summed E-state index contributed by atoms with van der Waals surface area (Å²) in [6.45, 7) is 5.81. The van der Waals surface area contributed by atoms with Crippen LogP contribution >= 0.6 is 34.7 Å². The molecule has 0 aliphatic rings. The molecule has 0 spiro atoms. The van der Waals surface area contributed by atoms with Crippen molar-refractivity contribution < 1.29 is 19.1 Å². The number of aryl methyl sites for hydroxylation is 2. The smallest absolute Gasteiger partial charge is 0.247 e. The van der Waals surface area contributed by atoms with E-state index in [0.717, 1.165) is 22.6 Å². The van der Waals surface area contributed by atoms with E-state index in [4.69, 9.17) is 26.1 Å². The summed E-state index contributed by atoms with van der Waals surface area (Å²) in [5, 5.41) is 6.73. The Morgan fingerprint density at radius 2 is 1.74 bits per heavy atom. The first kappa shape index (κ1) is 31.3. The number of halogens is 1. The minimum Gasteiger partial charge on any atom is -0.497 e. The summed E-state index contributed by atoms with van der Waals surface area (Å²) in [4.78, 5) is 42.6. The van der Waals surface area contributed by atoms with Crippen molar-refractivity contribution in [1.29, 1.82) is 0 Å². The van der Waals surface area contributed by atoms with Crippen LogP contribution in [0.5, 0.6) is 11.5 Å². The number of thiazole rings is 1. The molecule has 220 valence electrons. The minimum absolute atomic E-state index is 0.0634. The van der Waals surface area contributed by atoms with Crippen LogP contribution in [0.1, 0.15) is 29.7 Å². The maximum absolute atomic E-state index is 13.8. The number of hydrogen-bond donors (Lipinski definition) is 1. The van der Waals surface area contributed by atoms with Crippen LogP contribution < -0.4 is 14.8 Å². The molecule has 42 heavy (non-hydrogen) atoms. The Morgan fingerprint density at radius 1 is 1.02 bits per heavy atom. The van der Waals surface area contributed by atoms with Gasteiger partial charge in [0.2, 0.25) is 11.8 Å². The molecule has 2 heterocycles. The second kappa shape index (κ2) is 14.5. The topological polar surface area (TPSA) is 107 Å². The van der Waals surface area contributed by atoms with E-state index in [-0.39, 0.29) is 24.1 Å². The van der Waals surface area contributed by atoms with Crippen LogP contribution in [0.4, 0.5) is 5.69 Å². The summed E-state index contributed by atoms with van der Waals surface area (Å²) in [6.07, 6.45) is 0.385. The number of aromatic nitrogens is 3. The fourth-order valence-electron chi connectivity index (χ4n) is 4.29. The molecule has 2 aromatic heterocycles. The lowest BCUT2D eigenvalue weighted by Crippen LogP contribution is -2.47. The largest absolute Gasteiger partial charge is 0.497 e. The molecule has 12 heteroatoms. The Balaban J connectivity index is 1.59. The van der Waals surface area contributed by atoms with Crippen molar-refractivity contribution in [3.8, 4) is 22.8 Å². The van der Waals surface area contributed by atoms with Crippen molar-refractivity contribution in [1.82, 2.24) is 19.9 Å². The molecular formula is C30H32ClN5O4S2. The van der Waals surface area contributed by atoms with Gasteiger partial charge in [-0.1, -0.05) is 42.4 Å². The second-order valence-corrected chi connectivity index (χ2v) is 11.7. The number of thioether (sulfide) groups is 1. The Labute approximate surface area is 258 Å². The van der Waals surface area contributed by atoms with E-state index in [0.29, 0.717) is 38.8 Å². The molecule has 1 unspecified atom stereocenters. The van der Waals surface area contributed by atoms with E-state index >= 15 is 0 Å². The Hall–Kier alpha value is -3.67. The average molecular weight is 626 g/mol. The van der Waals surface area contributed by atoms with Crippen LogP contribution in [0, 0.1) is 13.8 Å². The predicted octanol–water partition coefficient (Wildman–Crippen LogP) is 6.43. The van der Waals surface area contributed by atoms with Crippen LogP contribution in [0.3, 0.4) is 0 Å². The van der Waals surface area contributed by atoms with E-state index in [1.807, 2.05) is 56.5 Å². The van der Waals surface area contributed by atoms with Crippen molar-refractivity contribution in [2.75, 3.05) is 25.3 Å². The summed E-state index contributed by atoms with van der Waals surface area (Å²) in [5.74, 6) is 0.546. The standard InChI is InChI=1S/C30H32ClN5O4S2/c1-6-25(29(38)35-23-12-11-22(39-4)14-26(23)40-5)36(28(37)17-42-30-32-18(2)13-19(3)33-30)15-27-34-24(16-41-27)20-7-9-21(31)10-8-20/h7-14,16,25H,6,15,17H2,1-5H3,(H,35,38). The molecule has 0 bridgehead atoms. The SMILES string of the molecule is CCC(C(=O)Nc1ccc(OC)cc1OC)N(Cc1nc(-c2ccc(Cl)cc2)cs1)C(=O)CSc1nc(C)cc(C)n1. The first-order valence-corrected chi connectivity index (χ1v) is 15.4. The molecular weight excluding hydrogens is 594 g/mol. The van der Waals surface area contributed by atoms with Gasteiger partial charge < -0.3 is 19.7 Å². The number of anilines is 1. The summed E-state index contributed by atoms with van der Waals surface area (Å²) < 4.78 is 10.7. The number of carbonyl (C=O) groups is 2. The molecule has 1 N–H and O–H groups in total. The van der Waals surface area contributed by atoms with E-state index in [2.05, 4.69) is 15.3 Å². The van der Waals surface area contributed by atoms with Crippen LogP contribution in [0.25, 0.3) is 11.3 Å². The van der Waals surface area contributed by atoms with Crippen molar-refractivity contribution in [3.05, 3.63) is 75.3 Å². The highest BCUT2D eigenvalue weighted by atomic mass is 35.5. The third-order valence-electron chi connectivity index (χ3n) is 6.34. The summed E-state index contributed by atoms with van der Waals surface area (Å²) in [5.41, 5.74) is 3.82. The highest BCUT2D eigenvalue weighted by Gasteiger charge is 2.30. The number of nitrogens with one attached hydrogen (secondary N) is 1. The van der Waals surface area contributed by atoms with Crippen molar-refractivity contribution in [2.45, 2.75) is 44.9 Å². The zero-order valence-corrected chi connectivity index (χ0v) is 26.4. The number of carbonyl (C=O) groups excluding carboxylic acids is 2. The number of benzene rings is 2. The molecule has 2 amide bonds. The number of rotatable bonds is 12. The first-order valence-electron chi connectivity index (χ1n) is 13.2. The van der Waals surface area contributed by atoms with E-state index in [1.54, 1.807) is 30.2 Å². The second-order valence-electron chi connectivity index (χ2n) is 9.36. The van der Waals surface area contributed by atoms with Gasteiger partial charge in [0.05, 0.1) is 37.9 Å².